The summed E-state index contributed by atoms with van der Waals surface area (Å²) in [4.78, 5) is 4.10. The number of benzene rings is 1. The van der Waals surface area contributed by atoms with Gasteiger partial charge in [-0.15, -0.1) is 0 Å². The lowest BCUT2D eigenvalue weighted by Crippen LogP contribution is -2.49. The van der Waals surface area contributed by atoms with Gasteiger partial charge in [0.05, 0.1) is 19.5 Å². The van der Waals surface area contributed by atoms with Crippen molar-refractivity contribution in [2.24, 2.45) is 5.41 Å². The summed E-state index contributed by atoms with van der Waals surface area (Å²) in [7, 11) is 0. The number of aromatic nitrogens is 2. The molecule has 1 aromatic heterocycles. The number of imidazole rings is 1. The van der Waals surface area contributed by atoms with Crippen molar-refractivity contribution in [3.05, 3.63) is 54.1 Å². The van der Waals surface area contributed by atoms with Gasteiger partial charge in [0.15, 0.2) is 5.79 Å². The molecular weight excluding hydrogens is 300 g/mol. The molecule has 0 aliphatic carbocycles. The second kappa shape index (κ2) is 7.08. The minimum Gasteiger partial charge on any atom is -0.349 e. The first-order chi connectivity index (χ1) is 11.5. The van der Waals surface area contributed by atoms with E-state index < -0.39 is 5.79 Å². The van der Waals surface area contributed by atoms with Gasteiger partial charge in [-0.05, 0) is 18.9 Å². The molecule has 1 aliphatic rings. The monoisotopic (exact) mass is 328 g/mol. The summed E-state index contributed by atoms with van der Waals surface area (Å²) in [5, 5.41) is 0. The van der Waals surface area contributed by atoms with Gasteiger partial charge in [0, 0.05) is 37.2 Å². The zero-order valence-electron chi connectivity index (χ0n) is 15.0. The van der Waals surface area contributed by atoms with Crippen LogP contribution in [-0.4, -0.2) is 28.6 Å². The van der Waals surface area contributed by atoms with Gasteiger partial charge in [-0.2, -0.15) is 0 Å². The molecule has 4 nitrogen and oxygen atoms in total. The lowest BCUT2D eigenvalue weighted by Gasteiger charge is -2.44. The standard InChI is InChI=1S/C20H28N2O2/c1-17-5-7-18(8-6-17)13-20(23-14-19(2,3)15-24-20)9-4-11-22-12-10-21-16-22/h5-8,10,12,16H,4,9,11,13-15H2,1-3H3. The summed E-state index contributed by atoms with van der Waals surface area (Å²) in [6.45, 7) is 8.91. The van der Waals surface area contributed by atoms with Gasteiger partial charge >= 0.3 is 0 Å². The Bertz CT molecular complexity index is 622. The average Bonchev–Trinajstić information content (AvgIpc) is 3.06. The summed E-state index contributed by atoms with van der Waals surface area (Å²) in [6.07, 6.45) is 8.36. The van der Waals surface area contributed by atoms with E-state index in [9.17, 15) is 0 Å². The van der Waals surface area contributed by atoms with E-state index >= 15 is 0 Å². The molecule has 0 bridgehead atoms. The van der Waals surface area contributed by atoms with E-state index in [0.717, 1.165) is 39.0 Å². The molecule has 0 N–H and O–H groups in total. The van der Waals surface area contributed by atoms with Crippen molar-refractivity contribution in [1.82, 2.24) is 9.55 Å². The van der Waals surface area contributed by atoms with Crippen LogP contribution in [0.3, 0.4) is 0 Å². The lowest BCUT2D eigenvalue weighted by molar-refractivity contribution is -0.301. The Morgan fingerprint density at radius 1 is 1.12 bits per heavy atom. The van der Waals surface area contributed by atoms with Gasteiger partial charge in [0.2, 0.25) is 0 Å². The topological polar surface area (TPSA) is 36.3 Å². The zero-order chi connectivity index (χ0) is 17.0. The fourth-order valence-electron chi connectivity index (χ4n) is 3.04. The van der Waals surface area contributed by atoms with E-state index in [1.54, 1.807) is 0 Å². The van der Waals surface area contributed by atoms with Crippen LogP contribution in [0.2, 0.25) is 0 Å². The first-order valence-electron chi connectivity index (χ1n) is 8.76. The van der Waals surface area contributed by atoms with Gasteiger partial charge in [-0.25, -0.2) is 4.98 Å². The van der Waals surface area contributed by atoms with Crippen LogP contribution < -0.4 is 0 Å². The number of rotatable bonds is 6. The fourth-order valence-corrected chi connectivity index (χ4v) is 3.04. The van der Waals surface area contributed by atoms with Crippen LogP contribution >= 0.6 is 0 Å². The van der Waals surface area contributed by atoms with E-state index in [4.69, 9.17) is 9.47 Å². The van der Waals surface area contributed by atoms with Gasteiger partial charge in [0.1, 0.15) is 0 Å². The number of aryl methyl sites for hydroxylation is 2. The molecule has 130 valence electrons. The number of hydrogen-bond acceptors (Lipinski definition) is 3. The first kappa shape index (κ1) is 17.2. The van der Waals surface area contributed by atoms with Crippen LogP contribution in [0.5, 0.6) is 0 Å². The van der Waals surface area contributed by atoms with Crippen LogP contribution in [0.4, 0.5) is 0 Å². The number of ether oxygens (including phenoxy) is 2. The summed E-state index contributed by atoms with van der Waals surface area (Å²) in [5.74, 6) is -0.509. The Hall–Kier alpha value is -1.65. The van der Waals surface area contributed by atoms with Crippen LogP contribution in [0.15, 0.2) is 43.0 Å². The van der Waals surface area contributed by atoms with Gasteiger partial charge in [0.25, 0.3) is 0 Å². The highest BCUT2D eigenvalue weighted by Crippen LogP contribution is 2.35. The maximum Gasteiger partial charge on any atom is 0.172 e. The van der Waals surface area contributed by atoms with Crippen molar-refractivity contribution in [1.29, 1.82) is 0 Å². The molecule has 0 unspecified atom stereocenters. The van der Waals surface area contributed by atoms with Gasteiger partial charge in [-0.3, -0.25) is 0 Å². The van der Waals surface area contributed by atoms with E-state index in [0.29, 0.717) is 0 Å². The smallest absolute Gasteiger partial charge is 0.172 e. The van der Waals surface area contributed by atoms with Crippen LogP contribution in [0.1, 0.15) is 37.8 Å². The Morgan fingerprint density at radius 3 is 2.46 bits per heavy atom. The third kappa shape index (κ3) is 4.46. The summed E-state index contributed by atoms with van der Waals surface area (Å²) in [5.41, 5.74) is 2.63. The molecule has 0 spiro atoms. The first-order valence-corrected chi connectivity index (χ1v) is 8.76. The summed E-state index contributed by atoms with van der Waals surface area (Å²) >= 11 is 0. The number of hydrogen-bond donors (Lipinski definition) is 0. The number of nitrogens with zero attached hydrogens (tertiary/aromatic N) is 2. The van der Waals surface area contributed by atoms with Crippen molar-refractivity contribution >= 4 is 0 Å². The zero-order valence-corrected chi connectivity index (χ0v) is 15.0. The molecule has 3 rings (SSSR count). The molecule has 4 heteroatoms. The molecule has 2 aromatic rings. The molecule has 0 atom stereocenters. The Kier molecular flexibility index (Phi) is 5.07. The highest BCUT2D eigenvalue weighted by atomic mass is 16.7. The predicted molar refractivity (Wildman–Crippen MR) is 94.8 cm³/mol. The second-order valence-electron chi connectivity index (χ2n) is 7.72. The van der Waals surface area contributed by atoms with Crippen molar-refractivity contribution < 1.29 is 9.47 Å². The minimum absolute atomic E-state index is 0.0844. The van der Waals surface area contributed by atoms with Gasteiger partial charge < -0.3 is 14.0 Å². The van der Waals surface area contributed by atoms with E-state index in [1.165, 1.54) is 11.1 Å². The quantitative estimate of drug-likeness (QED) is 0.804. The lowest BCUT2D eigenvalue weighted by atomic mass is 9.92. The van der Waals surface area contributed by atoms with Crippen molar-refractivity contribution in [3.8, 4) is 0 Å². The van der Waals surface area contributed by atoms with Crippen molar-refractivity contribution in [2.75, 3.05) is 13.2 Å². The largest absolute Gasteiger partial charge is 0.349 e. The van der Waals surface area contributed by atoms with Gasteiger partial charge in [-0.1, -0.05) is 43.7 Å². The molecular formula is C20H28N2O2. The maximum absolute atomic E-state index is 6.29. The van der Waals surface area contributed by atoms with Crippen molar-refractivity contribution in [3.63, 3.8) is 0 Å². The molecule has 0 saturated carbocycles. The third-order valence-electron chi connectivity index (χ3n) is 4.58. The Morgan fingerprint density at radius 2 is 1.83 bits per heavy atom. The maximum atomic E-state index is 6.29. The fraction of sp³-hybridized carbons (Fsp3) is 0.550. The van der Waals surface area contributed by atoms with E-state index in [2.05, 4.69) is 54.6 Å². The molecule has 1 saturated heterocycles. The Labute approximate surface area is 144 Å². The van der Waals surface area contributed by atoms with Crippen molar-refractivity contribution in [2.45, 2.75) is 52.4 Å². The van der Waals surface area contributed by atoms with Crippen LogP contribution in [0.25, 0.3) is 0 Å². The van der Waals surface area contributed by atoms with Crippen LogP contribution in [-0.2, 0) is 22.4 Å². The Balaban J connectivity index is 1.67. The SMILES string of the molecule is Cc1ccc(CC2(CCCn3ccnc3)OCC(C)(C)CO2)cc1. The predicted octanol–water partition coefficient (Wildman–Crippen LogP) is 3.98. The molecule has 1 fully saturated rings. The molecule has 1 aromatic carbocycles. The molecule has 1 aliphatic heterocycles. The normalized spacial score (nSPS) is 19.3. The minimum atomic E-state index is -0.509. The van der Waals surface area contributed by atoms with E-state index in [1.807, 2.05) is 18.7 Å². The third-order valence-corrected chi connectivity index (χ3v) is 4.58. The molecule has 2 heterocycles. The average molecular weight is 328 g/mol. The highest BCUT2D eigenvalue weighted by molar-refractivity contribution is 5.22. The summed E-state index contributed by atoms with van der Waals surface area (Å²) < 4.78 is 14.7. The second-order valence-corrected chi connectivity index (χ2v) is 7.72. The van der Waals surface area contributed by atoms with Crippen LogP contribution in [0, 0.1) is 12.3 Å². The van der Waals surface area contributed by atoms with E-state index in [-0.39, 0.29) is 5.41 Å². The summed E-state index contributed by atoms with van der Waals surface area (Å²) in [6, 6.07) is 8.67. The highest BCUT2D eigenvalue weighted by Gasteiger charge is 2.40. The molecule has 0 radical (unpaired) electrons. The molecule has 24 heavy (non-hydrogen) atoms. The molecule has 0 amide bonds.